The lowest BCUT2D eigenvalue weighted by atomic mass is 9.81. The predicted molar refractivity (Wildman–Crippen MR) is 131 cm³/mol. The van der Waals surface area contributed by atoms with Gasteiger partial charge in [-0.15, -0.1) is 0 Å². The first-order valence-electron chi connectivity index (χ1n) is 11.0. The molecule has 0 spiro atoms. The van der Waals surface area contributed by atoms with Crippen molar-refractivity contribution in [3.63, 3.8) is 0 Å². The van der Waals surface area contributed by atoms with Gasteiger partial charge in [0.15, 0.2) is 0 Å². The quantitative estimate of drug-likeness (QED) is 0.593. The van der Waals surface area contributed by atoms with Crippen LogP contribution in [0.15, 0.2) is 90.6 Å². The van der Waals surface area contributed by atoms with Crippen LogP contribution in [0.25, 0.3) is 5.57 Å². The van der Waals surface area contributed by atoms with Gasteiger partial charge in [0.25, 0.3) is 0 Å². The fourth-order valence-electron chi connectivity index (χ4n) is 3.80. The Kier molecular flexibility index (Phi) is 6.50. The van der Waals surface area contributed by atoms with Crippen molar-refractivity contribution >= 4 is 5.57 Å². The lowest BCUT2D eigenvalue weighted by molar-refractivity contribution is 0.521. The highest BCUT2D eigenvalue weighted by Crippen LogP contribution is 2.30. The number of rotatable bonds is 5. The van der Waals surface area contributed by atoms with E-state index in [-0.39, 0.29) is 5.41 Å². The van der Waals surface area contributed by atoms with Crippen LogP contribution in [0, 0.1) is 5.41 Å². The highest BCUT2D eigenvalue weighted by Gasteiger charge is 2.20. The summed E-state index contributed by atoms with van der Waals surface area (Å²) in [5, 5.41) is 0. The van der Waals surface area contributed by atoms with Gasteiger partial charge in [-0.2, -0.15) is 0 Å². The van der Waals surface area contributed by atoms with Crippen molar-refractivity contribution in [2.75, 3.05) is 0 Å². The molecular weight excluding hydrogens is 364 g/mol. The van der Waals surface area contributed by atoms with Crippen LogP contribution in [0.1, 0.15) is 51.7 Å². The van der Waals surface area contributed by atoms with E-state index in [1.807, 2.05) is 25.2 Å². The van der Waals surface area contributed by atoms with Crippen LogP contribution in [0.3, 0.4) is 0 Å². The third-order valence-electron chi connectivity index (χ3n) is 6.06. The van der Waals surface area contributed by atoms with E-state index in [9.17, 15) is 0 Å². The van der Waals surface area contributed by atoms with Gasteiger partial charge in [0.2, 0.25) is 0 Å². The number of hydrogen-bond acceptors (Lipinski definition) is 2. The van der Waals surface area contributed by atoms with Crippen LogP contribution >= 0.6 is 0 Å². The smallest absolute Gasteiger partial charge is 0.0508 e. The third kappa shape index (κ3) is 6.04. The molecule has 2 heteroatoms. The maximum absolute atomic E-state index is 6.49. The number of aryl methyl sites for hydroxylation is 1. The van der Waals surface area contributed by atoms with Crippen LogP contribution in [0.4, 0.5) is 0 Å². The molecule has 0 heterocycles. The minimum absolute atomic E-state index is 0.0636. The summed E-state index contributed by atoms with van der Waals surface area (Å²) in [5.41, 5.74) is 17.0. The van der Waals surface area contributed by atoms with Crippen LogP contribution in [-0.2, 0) is 6.42 Å². The lowest BCUT2D eigenvalue weighted by Gasteiger charge is -2.26. The third-order valence-corrected chi connectivity index (χ3v) is 6.06. The largest absolute Gasteiger partial charge is 0.319 e. The van der Waals surface area contributed by atoms with Crippen molar-refractivity contribution in [1.29, 1.82) is 0 Å². The lowest BCUT2D eigenvalue weighted by Crippen LogP contribution is -2.32. The first-order valence-corrected chi connectivity index (χ1v) is 11.0. The van der Waals surface area contributed by atoms with Crippen molar-refractivity contribution in [2.45, 2.75) is 58.0 Å². The molecule has 0 aromatic heterocycles. The summed E-state index contributed by atoms with van der Waals surface area (Å²) in [7, 11) is 0. The minimum Gasteiger partial charge on any atom is -0.319 e. The van der Waals surface area contributed by atoms with Gasteiger partial charge in [0.1, 0.15) is 0 Å². The summed E-state index contributed by atoms with van der Waals surface area (Å²) in [5.74, 6) is 0. The fraction of sp³-hybridized carbons (Fsp3) is 0.357. The molecule has 0 amide bonds. The van der Waals surface area contributed by atoms with E-state index in [4.69, 9.17) is 11.5 Å². The second kappa shape index (κ2) is 8.75. The van der Waals surface area contributed by atoms with Crippen molar-refractivity contribution in [2.24, 2.45) is 16.9 Å². The zero-order chi connectivity index (χ0) is 21.8. The van der Waals surface area contributed by atoms with Crippen molar-refractivity contribution < 1.29 is 0 Å². The molecule has 3 atom stereocenters. The van der Waals surface area contributed by atoms with Gasteiger partial charge in [-0.05, 0) is 55.4 Å². The standard InChI is InChI=1S/C28H36N2/c1-5-26(2)17-15-23(20-28(4,30)19-18-26)10-9-22-11-13-24(14-12-22)25-8-6-7-16-27(3,29)21-25/h6-8,11-21H,5,9-10,29-30H2,1-4H3/b17-15-,19-18-,23-20-. The summed E-state index contributed by atoms with van der Waals surface area (Å²) >= 11 is 0. The summed E-state index contributed by atoms with van der Waals surface area (Å²) < 4.78 is 0. The average molecular weight is 401 g/mol. The van der Waals surface area contributed by atoms with Gasteiger partial charge in [0.05, 0.1) is 11.1 Å². The average Bonchev–Trinajstić information content (AvgIpc) is 2.88. The van der Waals surface area contributed by atoms with Gasteiger partial charge >= 0.3 is 0 Å². The van der Waals surface area contributed by atoms with Crippen LogP contribution < -0.4 is 11.5 Å². The van der Waals surface area contributed by atoms with E-state index in [2.05, 4.69) is 87.6 Å². The Balaban J connectivity index is 1.73. The van der Waals surface area contributed by atoms with E-state index in [1.54, 1.807) is 0 Å². The molecule has 0 saturated heterocycles. The number of benzene rings is 1. The van der Waals surface area contributed by atoms with E-state index in [0.29, 0.717) is 0 Å². The second-order valence-electron chi connectivity index (χ2n) is 9.49. The maximum atomic E-state index is 6.49. The van der Waals surface area contributed by atoms with Gasteiger partial charge in [-0.3, -0.25) is 0 Å². The molecule has 1 aromatic carbocycles. The monoisotopic (exact) mass is 400 g/mol. The van der Waals surface area contributed by atoms with Crippen LogP contribution in [0.5, 0.6) is 0 Å². The topological polar surface area (TPSA) is 52.0 Å². The number of allylic oxidation sites excluding steroid dienone is 8. The Labute approximate surface area is 182 Å². The molecule has 0 radical (unpaired) electrons. The molecule has 3 rings (SSSR count). The Hall–Kier alpha value is -2.42. The van der Waals surface area contributed by atoms with Crippen molar-refractivity contribution in [1.82, 2.24) is 0 Å². The molecule has 0 aliphatic heterocycles. The molecule has 1 aromatic rings. The number of nitrogens with two attached hydrogens (primary N) is 2. The van der Waals surface area contributed by atoms with Gasteiger partial charge in [-0.1, -0.05) is 98.9 Å². The Morgan fingerprint density at radius 2 is 1.43 bits per heavy atom. The molecule has 0 saturated carbocycles. The minimum atomic E-state index is -0.426. The molecule has 2 nitrogen and oxygen atoms in total. The van der Waals surface area contributed by atoms with E-state index in [0.717, 1.165) is 24.8 Å². The molecule has 3 unspecified atom stereocenters. The summed E-state index contributed by atoms with van der Waals surface area (Å²) in [6.07, 6.45) is 24.5. The van der Waals surface area contributed by atoms with Crippen LogP contribution in [0.2, 0.25) is 0 Å². The first kappa shape index (κ1) is 22.3. The zero-order valence-electron chi connectivity index (χ0n) is 18.9. The summed E-state index contributed by atoms with van der Waals surface area (Å²) in [6.45, 7) is 8.57. The van der Waals surface area contributed by atoms with Gasteiger partial charge in [-0.25, -0.2) is 0 Å². The zero-order valence-corrected chi connectivity index (χ0v) is 18.9. The number of hydrogen-bond donors (Lipinski definition) is 2. The van der Waals surface area contributed by atoms with E-state index >= 15 is 0 Å². The Morgan fingerprint density at radius 3 is 2.13 bits per heavy atom. The maximum Gasteiger partial charge on any atom is 0.0508 e. The SMILES string of the molecule is CCC1(C)/C=C\C(CCc2ccc(C3=CC(C)(N)C=CC=C3)cc2)=C/C(C)(N)/C=C\1. The Bertz CT molecular complexity index is 933. The molecule has 158 valence electrons. The van der Waals surface area contributed by atoms with Crippen LogP contribution in [-0.4, -0.2) is 11.1 Å². The van der Waals surface area contributed by atoms with Crippen molar-refractivity contribution in [3.05, 3.63) is 102 Å². The molecular formula is C28H36N2. The van der Waals surface area contributed by atoms with Gasteiger partial charge < -0.3 is 11.5 Å². The predicted octanol–water partition coefficient (Wildman–Crippen LogP) is 6.03. The first-order chi connectivity index (χ1) is 14.1. The molecule has 0 fully saturated rings. The van der Waals surface area contributed by atoms with Gasteiger partial charge in [0, 0.05) is 5.41 Å². The fourth-order valence-corrected chi connectivity index (χ4v) is 3.80. The van der Waals surface area contributed by atoms with E-state index in [1.165, 1.54) is 16.7 Å². The molecule has 30 heavy (non-hydrogen) atoms. The van der Waals surface area contributed by atoms with Crippen molar-refractivity contribution in [3.8, 4) is 0 Å². The van der Waals surface area contributed by atoms with E-state index < -0.39 is 11.1 Å². The Morgan fingerprint density at radius 1 is 0.733 bits per heavy atom. The molecule has 0 bridgehead atoms. The highest BCUT2D eigenvalue weighted by atomic mass is 14.7. The summed E-state index contributed by atoms with van der Waals surface area (Å²) in [6, 6.07) is 8.83. The highest BCUT2D eigenvalue weighted by molar-refractivity contribution is 5.76. The normalized spacial score (nSPS) is 34.9. The molecule has 2 aliphatic rings. The summed E-state index contributed by atoms with van der Waals surface area (Å²) in [4.78, 5) is 0. The molecule has 4 N–H and O–H groups in total. The molecule has 2 aliphatic carbocycles. The second-order valence-corrected chi connectivity index (χ2v) is 9.49.